The maximum Gasteiger partial charge on any atom is 0.0848 e. The van der Waals surface area contributed by atoms with E-state index in [1.807, 2.05) is 36.4 Å². The van der Waals surface area contributed by atoms with Crippen molar-refractivity contribution in [3.63, 3.8) is 0 Å². The van der Waals surface area contributed by atoms with Gasteiger partial charge >= 0.3 is 0 Å². The molecule has 0 heterocycles. The molecule has 0 radical (unpaired) electrons. The first-order valence-electron chi connectivity index (χ1n) is 8.31. The molecule has 0 aliphatic carbocycles. The summed E-state index contributed by atoms with van der Waals surface area (Å²) in [6.07, 6.45) is -0.783. The van der Waals surface area contributed by atoms with Crippen LogP contribution in [-0.4, -0.2) is 23.3 Å². The Kier molecular flexibility index (Phi) is 4.95. The standard InChI is InChI=1S/C21H24N2O/c1-14(22)21(24)20(23)19(16-9-3-2-4-10-16)18-13-7-11-15-8-5-6-12-17(15)18/h2-14,19-21,24H,22-23H2,1H3/t14-,19?,20-,21+/m1/s1. The molecule has 1 unspecified atom stereocenters. The van der Waals surface area contributed by atoms with Gasteiger partial charge in [-0.05, 0) is 28.8 Å². The number of fused-ring (bicyclic) bond motifs is 1. The highest BCUT2D eigenvalue weighted by Gasteiger charge is 2.30. The normalized spacial score (nSPS) is 16.5. The first-order valence-corrected chi connectivity index (χ1v) is 8.31. The Hall–Kier alpha value is -2.20. The lowest BCUT2D eigenvalue weighted by molar-refractivity contribution is 0.116. The summed E-state index contributed by atoms with van der Waals surface area (Å²) in [5.74, 6) is -0.127. The molecule has 24 heavy (non-hydrogen) atoms. The molecule has 0 saturated carbocycles. The summed E-state index contributed by atoms with van der Waals surface area (Å²) >= 11 is 0. The van der Waals surface area contributed by atoms with Gasteiger partial charge < -0.3 is 16.6 Å². The molecule has 3 aromatic rings. The van der Waals surface area contributed by atoms with Crippen molar-refractivity contribution in [3.8, 4) is 0 Å². The Bertz CT molecular complexity index is 796. The summed E-state index contributed by atoms with van der Waals surface area (Å²) in [5.41, 5.74) is 14.6. The molecule has 0 fully saturated rings. The van der Waals surface area contributed by atoms with E-state index in [0.29, 0.717) is 0 Å². The predicted octanol–water partition coefficient (Wildman–Crippen LogP) is 3.01. The van der Waals surface area contributed by atoms with Crippen molar-refractivity contribution in [3.05, 3.63) is 83.9 Å². The minimum absolute atomic E-state index is 0.127. The smallest absolute Gasteiger partial charge is 0.0848 e. The first kappa shape index (κ1) is 16.7. The van der Waals surface area contributed by atoms with Crippen LogP contribution in [0.2, 0.25) is 0 Å². The molecule has 5 N–H and O–H groups in total. The van der Waals surface area contributed by atoms with Crippen molar-refractivity contribution >= 4 is 10.8 Å². The average Bonchev–Trinajstić information content (AvgIpc) is 2.62. The van der Waals surface area contributed by atoms with E-state index < -0.39 is 12.1 Å². The van der Waals surface area contributed by atoms with Gasteiger partial charge in [-0.3, -0.25) is 0 Å². The van der Waals surface area contributed by atoms with Gasteiger partial charge in [0.05, 0.1) is 6.10 Å². The van der Waals surface area contributed by atoms with Gasteiger partial charge in [0.1, 0.15) is 0 Å². The molecule has 3 heteroatoms. The summed E-state index contributed by atoms with van der Waals surface area (Å²) < 4.78 is 0. The summed E-state index contributed by atoms with van der Waals surface area (Å²) in [7, 11) is 0. The van der Waals surface area contributed by atoms with Crippen LogP contribution in [-0.2, 0) is 0 Å². The second kappa shape index (κ2) is 7.14. The molecular weight excluding hydrogens is 296 g/mol. The molecule has 0 spiro atoms. The van der Waals surface area contributed by atoms with E-state index in [1.54, 1.807) is 6.92 Å². The van der Waals surface area contributed by atoms with Gasteiger partial charge in [-0.1, -0.05) is 72.8 Å². The molecule has 0 aliphatic rings. The number of rotatable bonds is 5. The molecule has 0 aromatic heterocycles. The lowest BCUT2D eigenvalue weighted by Crippen LogP contribution is -2.49. The van der Waals surface area contributed by atoms with E-state index in [2.05, 4.69) is 36.4 Å². The number of benzene rings is 3. The van der Waals surface area contributed by atoms with Crippen molar-refractivity contribution in [1.82, 2.24) is 0 Å². The second-order valence-electron chi connectivity index (χ2n) is 6.38. The van der Waals surface area contributed by atoms with Crippen molar-refractivity contribution in [2.24, 2.45) is 11.5 Å². The summed E-state index contributed by atoms with van der Waals surface area (Å²) in [5, 5.41) is 12.8. The molecule has 0 aliphatic heterocycles. The third-order valence-electron chi connectivity index (χ3n) is 4.64. The number of hydrogen-bond donors (Lipinski definition) is 3. The fourth-order valence-corrected chi connectivity index (χ4v) is 3.34. The number of hydrogen-bond acceptors (Lipinski definition) is 3. The van der Waals surface area contributed by atoms with Gasteiger partial charge in [0.2, 0.25) is 0 Å². The van der Waals surface area contributed by atoms with Crippen LogP contribution in [0.5, 0.6) is 0 Å². The molecule has 0 amide bonds. The quantitative estimate of drug-likeness (QED) is 0.676. The van der Waals surface area contributed by atoms with Gasteiger partial charge in [0.25, 0.3) is 0 Å². The van der Waals surface area contributed by atoms with Crippen LogP contribution in [0.1, 0.15) is 24.0 Å². The topological polar surface area (TPSA) is 72.3 Å². The van der Waals surface area contributed by atoms with Crippen LogP contribution in [0.3, 0.4) is 0 Å². The molecule has 4 atom stereocenters. The van der Waals surface area contributed by atoms with Gasteiger partial charge in [-0.15, -0.1) is 0 Å². The van der Waals surface area contributed by atoms with Gasteiger partial charge in [0, 0.05) is 18.0 Å². The minimum atomic E-state index is -0.783. The molecule has 0 bridgehead atoms. The Morgan fingerprint density at radius 2 is 1.42 bits per heavy atom. The van der Waals surface area contributed by atoms with E-state index in [4.69, 9.17) is 11.5 Å². The third-order valence-corrected chi connectivity index (χ3v) is 4.64. The fourth-order valence-electron chi connectivity index (χ4n) is 3.34. The minimum Gasteiger partial charge on any atom is -0.390 e. The zero-order chi connectivity index (χ0) is 17.1. The van der Waals surface area contributed by atoms with Crippen LogP contribution in [0, 0.1) is 0 Å². The summed E-state index contributed by atoms with van der Waals surface area (Å²) in [6.45, 7) is 1.79. The predicted molar refractivity (Wildman–Crippen MR) is 99.9 cm³/mol. The van der Waals surface area contributed by atoms with E-state index in [1.165, 1.54) is 5.39 Å². The second-order valence-corrected chi connectivity index (χ2v) is 6.38. The van der Waals surface area contributed by atoms with E-state index in [0.717, 1.165) is 16.5 Å². The maximum absolute atomic E-state index is 10.5. The summed E-state index contributed by atoms with van der Waals surface area (Å²) in [6, 6.07) is 23.7. The molecule has 3 aromatic carbocycles. The zero-order valence-corrected chi connectivity index (χ0v) is 13.8. The lowest BCUT2D eigenvalue weighted by atomic mass is 9.80. The average molecular weight is 320 g/mol. The Labute approximate surface area is 142 Å². The number of aliphatic hydroxyl groups excluding tert-OH is 1. The highest BCUT2D eigenvalue weighted by molar-refractivity contribution is 5.86. The van der Waals surface area contributed by atoms with E-state index in [-0.39, 0.29) is 12.0 Å². The SMILES string of the molecule is C[C@@H](N)[C@H](O)[C@H](N)C(c1ccccc1)c1cccc2ccccc12. The van der Waals surface area contributed by atoms with Crippen molar-refractivity contribution in [2.75, 3.05) is 0 Å². The van der Waals surface area contributed by atoms with Crippen LogP contribution < -0.4 is 11.5 Å². The molecule has 3 nitrogen and oxygen atoms in total. The van der Waals surface area contributed by atoms with Gasteiger partial charge in [0.15, 0.2) is 0 Å². The molecule has 124 valence electrons. The Balaban J connectivity index is 2.17. The molecule has 0 saturated heterocycles. The van der Waals surface area contributed by atoms with Gasteiger partial charge in [-0.25, -0.2) is 0 Å². The fraction of sp³-hybridized carbons (Fsp3) is 0.238. The van der Waals surface area contributed by atoms with Crippen molar-refractivity contribution in [1.29, 1.82) is 0 Å². The number of nitrogens with two attached hydrogens (primary N) is 2. The lowest BCUT2D eigenvalue weighted by Gasteiger charge is -2.31. The van der Waals surface area contributed by atoms with Crippen molar-refractivity contribution in [2.45, 2.75) is 31.0 Å². The van der Waals surface area contributed by atoms with Crippen LogP contribution in [0.25, 0.3) is 10.8 Å². The molecular formula is C21H24N2O. The monoisotopic (exact) mass is 320 g/mol. The molecule has 3 rings (SSSR count). The third kappa shape index (κ3) is 3.20. The van der Waals surface area contributed by atoms with E-state index in [9.17, 15) is 5.11 Å². The van der Waals surface area contributed by atoms with Crippen LogP contribution >= 0.6 is 0 Å². The van der Waals surface area contributed by atoms with Crippen LogP contribution in [0.4, 0.5) is 0 Å². The number of aliphatic hydroxyl groups is 1. The van der Waals surface area contributed by atoms with Crippen molar-refractivity contribution < 1.29 is 5.11 Å². The Morgan fingerprint density at radius 3 is 2.12 bits per heavy atom. The maximum atomic E-state index is 10.5. The first-order chi connectivity index (χ1) is 11.6. The summed E-state index contributed by atoms with van der Waals surface area (Å²) in [4.78, 5) is 0. The highest BCUT2D eigenvalue weighted by Crippen LogP contribution is 2.34. The van der Waals surface area contributed by atoms with Gasteiger partial charge in [-0.2, -0.15) is 0 Å². The Morgan fingerprint density at radius 1 is 0.792 bits per heavy atom. The zero-order valence-electron chi connectivity index (χ0n) is 13.8. The van der Waals surface area contributed by atoms with E-state index >= 15 is 0 Å². The highest BCUT2D eigenvalue weighted by atomic mass is 16.3. The largest absolute Gasteiger partial charge is 0.390 e. The van der Waals surface area contributed by atoms with Crippen LogP contribution in [0.15, 0.2) is 72.8 Å².